The molecule has 3 aromatic rings. The molecule has 0 spiro atoms. The lowest BCUT2D eigenvalue weighted by atomic mass is 10.2. The molecule has 1 N–H and O–H groups in total. The number of carbonyl (C=O) groups excluding carboxylic acids is 1. The van der Waals surface area contributed by atoms with Gasteiger partial charge in [-0.2, -0.15) is 4.31 Å². The van der Waals surface area contributed by atoms with Crippen molar-refractivity contribution in [1.29, 1.82) is 0 Å². The Morgan fingerprint density at radius 3 is 1.97 bits per heavy atom. The van der Waals surface area contributed by atoms with Crippen LogP contribution in [-0.4, -0.2) is 46.7 Å². The van der Waals surface area contributed by atoms with Gasteiger partial charge in [0.2, 0.25) is 15.9 Å². The van der Waals surface area contributed by atoms with Gasteiger partial charge >= 0.3 is 0 Å². The molecule has 8 nitrogen and oxygen atoms in total. The van der Waals surface area contributed by atoms with Gasteiger partial charge in [0.05, 0.1) is 15.5 Å². The van der Waals surface area contributed by atoms with Gasteiger partial charge in [0.15, 0.2) is 0 Å². The van der Waals surface area contributed by atoms with E-state index in [-0.39, 0.29) is 25.5 Å². The molecular weight excluding hydrogens is 569 g/mol. The van der Waals surface area contributed by atoms with Gasteiger partial charge < -0.3 is 5.32 Å². The smallest absolute Gasteiger partial charge is 0.264 e. The van der Waals surface area contributed by atoms with E-state index in [0.717, 1.165) is 29.1 Å². The average molecular weight is 597 g/mol. The molecule has 0 atom stereocenters. The maximum Gasteiger partial charge on any atom is 0.264 e. The van der Waals surface area contributed by atoms with Crippen molar-refractivity contribution in [1.82, 2.24) is 4.31 Å². The van der Waals surface area contributed by atoms with Crippen molar-refractivity contribution in [2.75, 3.05) is 29.3 Å². The molecule has 0 aliphatic carbocycles. The van der Waals surface area contributed by atoms with E-state index in [4.69, 9.17) is 23.2 Å². The van der Waals surface area contributed by atoms with Gasteiger partial charge in [0.25, 0.3) is 10.0 Å². The Bertz CT molecular complexity index is 1500. The summed E-state index contributed by atoms with van der Waals surface area (Å²) in [5.41, 5.74) is 1.33. The van der Waals surface area contributed by atoms with Crippen molar-refractivity contribution in [3.05, 3.63) is 82.3 Å². The van der Waals surface area contributed by atoms with Crippen LogP contribution < -0.4 is 9.62 Å². The number of sulfonamides is 2. The van der Waals surface area contributed by atoms with Crippen molar-refractivity contribution >= 4 is 60.5 Å². The minimum Gasteiger partial charge on any atom is -0.325 e. The lowest BCUT2D eigenvalue weighted by Crippen LogP contribution is -2.38. The van der Waals surface area contributed by atoms with Crippen LogP contribution in [-0.2, 0) is 24.8 Å². The summed E-state index contributed by atoms with van der Waals surface area (Å²) >= 11 is 12.3. The van der Waals surface area contributed by atoms with Crippen molar-refractivity contribution in [3.63, 3.8) is 0 Å². The third-order valence-corrected chi connectivity index (χ3v) is 10.3. The molecule has 0 unspecified atom stereocenters. The lowest BCUT2D eigenvalue weighted by molar-refractivity contribution is -0.114. The molecule has 0 bridgehead atoms. The van der Waals surface area contributed by atoms with Crippen LogP contribution in [0.1, 0.15) is 24.8 Å². The number of benzene rings is 3. The summed E-state index contributed by atoms with van der Waals surface area (Å²) in [6.07, 6.45) is 2.66. The second-order valence-corrected chi connectivity index (χ2v) is 13.7. The molecule has 1 aliphatic rings. The van der Waals surface area contributed by atoms with Crippen LogP contribution in [0.3, 0.4) is 0 Å². The molecule has 1 saturated heterocycles. The van der Waals surface area contributed by atoms with Crippen molar-refractivity contribution in [2.45, 2.75) is 36.0 Å². The Hall–Kier alpha value is -2.63. The topological polar surface area (TPSA) is 104 Å². The highest BCUT2D eigenvalue weighted by Crippen LogP contribution is 2.30. The fourth-order valence-corrected chi connectivity index (χ4v) is 7.57. The first kappa shape index (κ1) is 28.4. The Kier molecular flexibility index (Phi) is 8.68. The van der Waals surface area contributed by atoms with Crippen LogP contribution in [0.2, 0.25) is 10.0 Å². The summed E-state index contributed by atoms with van der Waals surface area (Å²) < 4.78 is 55.3. The Balaban J connectivity index is 1.57. The van der Waals surface area contributed by atoms with E-state index in [0.29, 0.717) is 18.8 Å². The average Bonchev–Trinajstić information content (AvgIpc) is 2.88. The number of rotatable bonds is 8. The largest absolute Gasteiger partial charge is 0.325 e. The summed E-state index contributed by atoms with van der Waals surface area (Å²) in [4.78, 5) is 13.2. The fourth-order valence-electron chi connectivity index (χ4n) is 4.13. The zero-order valence-corrected chi connectivity index (χ0v) is 23.7. The van der Waals surface area contributed by atoms with Gasteiger partial charge in [-0.05, 0) is 74.4 Å². The van der Waals surface area contributed by atoms with E-state index < -0.39 is 32.5 Å². The molecule has 3 aromatic carbocycles. The third kappa shape index (κ3) is 6.50. The molecule has 4 rings (SSSR count). The minimum atomic E-state index is -4.16. The number of nitrogens with zero attached hydrogens (tertiary/aromatic N) is 2. The van der Waals surface area contributed by atoms with E-state index >= 15 is 0 Å². The maximum absolute atomic E-state index is 13.5. The molecule has 0 aromatic heterocycles. The summed E-state index contributed by atoms with van der Waals surface area (Å²) in [6.45, 7) is 2.24. The van der Waals surface area contributed by atoms with Gasteiger partial charge in [-0.3, -0.25) is 9.10 Å². The second-order valence-electron chi connectivity index (χ2n) is 8.99. The quantitative estimate of drug-likeness (QED) is 0.380. The molecular formula is C26H27Cl2N3O5S2. The molecule has 38 heavy (non-hydrogen) atoms. The number of anilines is 2. The minimum absolute atomic E-state index is 0.000676. The zero-order valence-electron chi connectivity index (χ0n) is 20.6. The Morgan fingerprint density at radius 2 is 1.39 bits per heavy atom. The van der Waals surface area contributed by atoms with Crippen molar-refractivity contribution in [2.24, 2.45) is 0 Å². The predicted molar refractivity (Wildman–Crippen MR) is 150 cm³/mol. The number of piperidine rings is 1. The van der Waals surface area contributed by atoms with Crippen LogP contribution in [0.15, 0.2) is 76.5 Å². The summed E-state index contributed by atoms with van der Waals surface area (Å²) in [5.74, 6) is -0.636. The highest BCUT2D eigenvalue weighted by Gasteiger charge is 2.29. The Morgan fingerprint density at radius 1 is 0.842 bits per heavy atom. The molecule has 1 amide bonds. The van der Waals surface area contributed by atoms with Crippen LogP contribution in [0.25, 0.3) is 0 Å². The molecule has 1 aliphatic heterocycles. The van der Waals surface area contributed by atoms with Crippen molar-refractivity contribution < 1.29 is 21.6 Å². The van der Waals surface area contributed by atoms with Crippen LogP contribution in [0.5, 0.6) is 0 Å². The standard InChI is InChI=1S/C26H27Cl2N3O5S2/c1-19-5-9-25(10-6-19)38(35,36)31(23-16-20(27)15-21(28)17-23)18-26(32)29-22-7-11-24(12-8-22)37(33,34)30-13-3-2-4-14-30/h5-12,15-17H,2-4,13-14,18H2,1H3,(H,29,32). The number of halogens is 2. The van der Waals surface area contributed by atoms with E-state index in [9.17, 15) is 21.6 Å². The molecule has 1 fully saturated rings. The number of amides is 1. The van der Waals surface area contributed by atoms with E-state index in [1.54, 1.807) is 12.1 Å². The molecule has 1 heterocycles. The van der Waals surface area contributed by atoms with Gasteiger partial charge in [-0.15, -0.1) is 0 Å². The van der Waals surface area contributed by atoms with Crippen molar-refractivity contribution in [3.8, 4) is 0 Å². The van der Waals surface area contributed by atoms with Crippen LogP contribution >= 0.6 is 23.2 Å². The fraction of sp³-hybridized carbons (Fsp3) is 0.269. The summed E-state index contributed by atoms with van der Waals surface area (Å²) in [6, 6.07) is 16.3. The van der Waals surface area contributed by atoms with E-state index in [1.165, 1.54) is 58.9 Å². The first-order valence-electron chi connectivity index (χ1n) is 11.9. The van der Waals surface area contributed by atoms with Gasteiger partial charge in [0, 0.05) is 28.8 Å². The first-order valence-corrected chi connectivity index (χ1v) is 15.6. The highest BCUT2D eigenvalue weighted by molar-refractivity contribution is 7.92. The molecule has 0 saturated carbocycles. The van der Waals surface area contributed by atoms with E-state index in [1.807, 2.05) is 6.92 Å². The van der Waals surface area contributed by atoms with E-state index in [2.05, 4.69) is 5.32 Å². The monoisotopic (exact) mass is 595 g/mol. The molecule has 0 radical (unpaired) electrons. The number of carbonyl (C=O) groups is 1. The number of hydrogen-bond acceptors (Lipinski definition) is 5. The first-order chi connectivity index (χ1) is 18.0. The van der Waals surface area contributed by atoms with Gasteiger partial charge in [0.1, 0.15) is 6.54 Å². The normalized spacial score (nSPS) is 14.7. The Labute approximate surface area is 233 Å². The highest BCUT2D eigenvalue weighted by atomic mass is 35.5. The number of nitrogens with one attached hydrogen (secondary N) is 1. The molecule has 12 heteroatoms. The summed E-state index contributed by atoms with van der Waals surface area (Å²) in [5, 5.41) is 3.06. The van der Waals surface area contributed by atoms with Gasteiger partial charge in [-0.25, -0.2) is 16.8 Å². The SMILES string of the molecule is Cc1ccc(S(=O)(=O)N(CC(=O)Nc2ccc(S(=O)(=O)N3CCCCC3)cc2)c2cc(Cl)cc(Cl)c2)cc1. The predicted octanol–water partition coefficient (Wildman–Crippen LogP) is 5.31. The van der Waals surface area contributed by atoms with Crippen LogP contribution in [0, 0.1) is 6.92 Å². The second kappa shape index (κ2) is 11.6. The van der Waals surface area contributed by atoms with Crippen LogP contribution in [0.4, 0.5) is 11.4 Å². The zero-order chi connectivity index (χ0) is 27.5. The number of aryl methyl sites for hydroxylation is 1. The lowest BCUT2D eigenvalue weighted by Gasteiger charge is -2.26. The third-order valence-electron chi connectivity index (χ3n) is 6.12. The number of hydrogen-bond donors (Lipinski definition) is 1. The van der Waals surface area contributed by atoms with Gasteiger partial charge in [-0.1, -0.05) is 47.3 Å². The molecule has 202 valence electrons. The maximum atomic E-state index is 13.5. The summed E-state index contributed by atoms with van der Waals surface area (Å²) in [7, 11) is -7.78.